The Morgan fingerprint density at radius 2 is 1.69 bits per heavy atom. The highest BCUT2D eigenvalue weighted by atomic mass is 32.2. The van der Waals surface area contributed by atoms with Crippen molar-refractivity contribution in [2.45, 2.75) is 44.2 Å². The van der Waals surface area contributed by atoms with Gasteiger partial charge in [-0.3, -0.25) is 19.4 Å². The standard InChI is InChI=1S/C26H35N5O3S/c1-4-19(2)24(28-25-22-12-8-9-13-23(22)35(33,34)29-25)26(32)27-18-20(3)30-14-16-31(17-15-30)21-10-6-5-7-11-21/h5-13,19-20,24H,4,14-18H2,1-3H3,(H,27,32)(H,28,29)/t19-,20?,24-/m0/s1. The number of fused-ring (bicyclic) bond motifs is 1. The van der Waals surface area contributed by atoms with Gasteiger partial charge >= 0.3 is 0 Å². The molecule has 0 radical (unpaired) electrons. The molecule has 2 heterocycles. The number of amidine groups is 1. The SMILES string of the molecule is CC[C@H](C)[C@H](N=C1NS(=O)(=O)c2ccccc21)C(=O)NCC(C)N1CCN(c2ccccc2)CC1. The Morgan fingerprint density at radius 1 is 1.03 bits per heavy atom. The molecule has 0 spiro atoms. The second-order valence-electron chi connectivity index (χ2n) is 9.36. The minimum absolute atomic E-state index is 0.0375. The van der Waals surface area contributed by atoms with Gasteiger partial charge in [-0.05, 0) is 37.1 Å². The van der Waals surface area contributed by atoms with E-state index in [1.807, 2.05) is 19.9 Å². The molecule has 188 valence electrons. The number of para-hydroxylation sites is 1. The minimum atomic E-state index is -3.65. The second-order valence-corrected chi connectivity index (χ2v) is 11.0. The van der Waals surface area contributed by atoms with Crippen molar-refractivity contribution in [3.05, 3.63) is 60.2 Å². The monoisotopic (exact) mass is 497 g/mol. The van der Waals surface area contributed by atoms with Gasteiger partial charge in [0, 0.05) is 50.0 Å². The summed E-state index contributed by atoms with van der Waals surface area (Å²) in [6.45, 7) is 10.4. The van der Waals surface area contributed by atoms with E-state index in [2.05, 4.69) is 56.0 Å². The molecule has 2 N–H and O–H groups in total. The van der Waals surface area contributed by atoms with Crippen LogP contribution in [0.25, 0.3) is 0 Å². The average Bonchev–Trinajstić information content (AvgIpc) is 3.15. The van der Waals surface area contributed by atoms with Crippen LogP contribution in [0.5, 0.6) is 0 Å². The molecule has 2 aliphatic rings. The molecular formula is C26H35N5O3S. The van der Waals surface area contributed by atoms with Crippen LogP contribution >= 0.6 is 0 Å². The number of nitrogens with zero attached hydrogens (tertiary/aromatic N) is 3. The van der Waals surface area contributed by atoms with E-state index in [0.29, 0.717) is 12.1 Å². The molecule has 2 aromatic rings. The average molecular weight is 498 g/mol. The maximum Gasteiger partial charge on any atom is 0.263 e. The van der Waals surface area contributed by atoms with Gasteiger partial charge < -0.3 is 10.2 Å². The number of hydrogen-bond donors (Lipinski definition) is 2. The number of sulfonamides is 1. The van der Waals surface area contributed by atoms with Crippen molar-refractivity contribution in [1.29, 1.82) is 0 Å². The van der Waals surface area contributed by atoms with Crippen LogP contribution < -0.4 is 14.9 Å². The molecule has 0 bridgehead atoms. The number of amides is 1. The predicted molar refractivity (Wildman–Crippen MR) is 139 cm³/mol. The molecule has 2 aliphatic heterocycles. The van der Waals surface area contributed by atoms with Crippen molar-refractivity contribution in [1.82, 2.24) is 14.9 Å². The summed E-state index contributed by atoms with van der Waals surface area (Å²) in [7, 11) is -3.65. The summed E-state index contributed by atoms with van der Waals surface area (Å²) in [4.78, 5) is 22.8. The van der Waals surface area contributed by atoms with Crippen LogP contribution in [0, 0.1) is 5.92 Å². The van der Waals surface area contributed by atoms with E-state index in [1.165, 1.54) is 5.69 Å². The highest BCUT2D eigenvalue weighted by Gasteiger charge is 2.33. The van der Waals surface area contributed by atoms with Gasteiger partial charge in [-0.25, -0.2) is 8.42 Å². The van der Waals surface area contributed by atoms with Crippen molar-refractivity contribution in [2.75, 3.05) is 37.6 Å². The molecule has 2 aromatic carbocycles. The predicted octanol–water partition coefficient (Wildman–Crippen LogP) is 2.47. The molecule has 1 saturated heterocycles. The van der Waals surface area contributed by atoms with E-state index in [0.717, 1.165) is 32.6 Å². The molecule has 1 fully saturated rings. The van der Waals surface area contributed by atoms with Crippen LogP contribution in [-0.4, -0.2) is 69.9 Å². The zero-order chi connectivity index (χ0) is 25.0. The van der Waals surface area contributed by atoms with Crippen molar-refractivity contribution < 1.29 is 13.2 Å². The number of carbonyl (C=O) groups excluding carboxylic acids is 1. The van der Waals surface area contributed by atoms with E-state index in [4.69, 9.17) is 0 Å². The lowest BCUT2D eigenvalue weighted by Gasteiger charge is -2.39. The lowest BCUT2D eigenvalue weighted by atomic mass is 9.98. The zero-order valence-electron chi connectivity index (χ0n) is 20.6. The van der Waals surface area contributed by atoms with Crippen molar-refractivity contribution >= 4 is 27.5 Å². The van der Waals surface area contributed by atoms with Gasteiger partial charge in [0.1, 0.15) is 11.9 Å². The van der Waals surface area contributed by atoms with Gasteiger partial charge in [-0.15, -0.1) is 0 Å². The summed E-state index contributed by atoms with van der Waals surface area (Å²) < 4.78 is 27.4. The molecule has 0 aliphatic carbocycles. The first kappa shape index (κ1) is 25.2. The van der Waals surface area contributed by atoms with Crippen LogP contribution in [0.15, 0.2) is 64.5 Å². The maximum absolute atomic E-state index is 13.2. The van der Waals surface area contributed by atoms with Crippen LogP contribution in [0.1, 0.15) is 32.8 Å². The fourth-order valence-electron chi connectivity index (χ4n) is 4.58. The Balaban J connectivity index is 1.38. The van der Waals surface area contributed by atoms with Crippen LogP contribution in [0.3, 0.4) is 0 Å². The summed E-state index contributed by atoms with van der Waals surface area (Å²) in [5, 5.41) is 3.08. The Kier molecular flexibility index (Phi) is 7.76. The summed E-state index contributed by atoms with van der Waals surface area (Å²) in [6.07, 6.45) is 0.750. The molecule has 0 aromatic heterocycles. The van der Waals surface area contributed by atoms with Crippen LogP contribution in [0.2, 0.25) is 0 Å². The Morgan fingerprint density at radius 3 is 2.37 bits per heavy atom. The Hall–Kier alpha value is -2.91. The number of piperazine rings is 1. The summed E-state index contributed by atoms with van der Waals surface area (Å²) in [5.74, 6) is 0.0285. The molecule has 3 atom stereocenters. The van der Waals surface area contributed by atoms with Gasteiger partial charge in [-0.1, -0.05) is 50.6 Å². The summed E-state index contributed by atoms with van der Waals surface area (Å²) >= 11 is 0. The Bertz CT molecular complexity index is 1160. The van der Waals surface area contributed by atoms with Crippen LogP contribution in [-0.2, 0) is 14.8 Å². The lowest BCUT2D eigenvalue weighted by molar-refractivity contribution is -0.123. The van der Waals surface area contributed by atoms with Gasteiger partial charge in [-0.2, -0.15) is 0 Å². The number of aliphatic imine (C=N–C) groups is 1. The van der Waals surface area contributed by atoms with Crippen molar-refractivity contribution in [2.24, 2.45) is 10.9 Å². The fourth-order valence-corrected chi connectivity index (χ4v) is 5.82. The molecule has 8 nitrogen and oxygen atoms in total. The summed E-state index contributed by atoms with van der Waals surface area (Å²) in [6, 6.07) is 16.7. The van der Waals surface area contributed by atoms with Crippen molar-refractivity contribution in [3.63, 3.8) is 0 Å². The molecule has 0 saturated carbocycles. The number of nitrogens with one attached hydrogen (secondary N) is 2. The van der Waals surface area contributed by atoms with E-state index in [9.17, 15) is 13.2 Å². The molecule has 4 rings (SSSR count). The minimum Gasteiger partial charge on any atom is -0.369 e. The lowest BCUT2D eigenvalue weighted by Crippen LogP contribution is -2.53. The van der Waals surface area contributed by atoms with Gasteiger partial charge in [0.05, 0.1) is 4.90 Å². The Labute approximate surface area is 208 Å². The van der Waals surface area contributed by atoms with E-state index in [-0.39, 0.29) is 28.6 Å². The van der Waals surface area contributed by atoms with Gasteiger partial charge in [0.2, 0.25) is 5.91 Å². The maximum atomic E-state index is 13.2. The first-order valence-electron chi connectivity index (χ1n) is 12.3. The first-order chi connectivity index (χ1) is 16.8. The molecular weight excluding hydrogens is 462 g/mol. The quantitative estimate of drug-likeness (QED) is 0.584. The molecule has 1 unspecified atom stereocenters. The topological polar surface area (TPSA) is 94.1 Å². The van der Waals surface area contributed by atoms with E-state index in [1.54, 1.807) is 24.3 Å². The van der Waals surface area contributed by atoms with Gasteiger partial charge in [0.15, 0.2) is 0 Å². The zero-order valence-corrected chi connectivity index (χ0v) is 21.5. The number of benzene rings is 2. The number of rotatable bonds is 8. The second kappa shape index (κ2) is 10.8. The van der Waals surface area contributed by atoms with Crippen molar-refractivity contribution in [3.8, 4) is 0 Å². The van der Waals surface area contributed by atoms with E-state index < -0.39 is 16.1 Å². The third kappa shape index (κ3) is 5.67. The first-order valence-corrected chi connectivity index (χ1v) is 13.8. The highest BCUT2D eigenvalue weighted by Crippen LogP contribution is 2.24. The molecule has 1 amide bonds. The number of anilines is 1. The fraction of sp³-hybridized carbons (Fsp3) is 0.462. The highest BCUT2D eigenvalue weighted by molar-refractivity contribution is 7.90. The number of carbonyl (C=O) groups is 1. The largest absolute Gasteiger partial charge is 0.369 e. The number of hydrogen-bond acceptors (Lipinski definition) is 6. The summed E-state index contributed by atoms with van der Waals surface area (Å²) in [5.41, 5.74) is 1.76. The normalized spacial score (nSPS) is 21.1. The van der Waals surface area contributed by atoms with Crippen LogP contribution in [0.4, 0.5) is 5.69 Å². The third-order valence-corrected chi connectivity index (χ3v) is 8.41. The molecule has 35 heavy (non-hydrogen) atoms. The smallest absolute Gasteiger partial charge is 0.263 e. The van der Waals surface area contributed by atoms with Gasteiger partial charge in [0.25, 0.3) is 10.0 Å². The third-order valence-electron chi connectivity index (χ3n) is 7.01. The molecule has 9 heteroatoms. The van der Waals surface area contributed by atoms with E-state index >= 15 is 0 Å².